The molecule has 0 unspecified atom stereocenters. The quantitative estimate of drug-likeness (QED) is 0.261. The molecule has 0 N–H and O–H groups in total. The van der Waals surface area contributed by atoms with E-state index in [1.54, 1.807) is 12.3 Å². The molecule has 0 fully saturated rings. The predicted molar refractivity (Wildman–Crippen MR) is 147 cm³/mol. The van der Waals surface area contributed by atoms with Crippen LogP contribution in [0.1, 0.15) is 63.8 Å². The summed E-state index contributed by atoms with van der Waals surface area (Å²) in [5, 5.41) is 12.2. The number of hydrogen-bond acceptors (Lipinski definition) is 1. The number of aryl methyl sites for hydroxylation is 2. The lowest BCUT2D eigenvalue weighted by atomic mass is 9.80. The van der Waals surface area contributed by atoms with E-state index in [-0.39, 0.29) is 27.5 Å². The Morgan fingerprint density at radius 3 is 2.00 bits per heavy atom. The number of fused-ring (bicyclic) bond motifs is 1. The van der Waals surface area contributed by atoms with Crippen molar-refractivity contribution in [3.8, 4) is 28.5 Å². The van der Waals surface area contributed by atoms with Crippen LogP contribution in [-0.4, -0.2) is 0 Å². The van der Waals surface area contributed by atoms with Gasteiger partial charge in [-0.3, -0.25) is 0 Å². The summed E-state index contributed by atoms with van der Waals surface area (Å²) in [6.07, 6.45) is 2.21. The van der Waals surface area contributed by atoms with Crippen LogP contribution in [0.25, 0.3) is 33.2 Å². The number of nitriles is 1. The Balaban J connectivity index is 2.01. The number of hydrogen-bond donors (Lipinski definition) is 0. The fourth-order valence-electron chi connectivity index (χ4n) is 5.22. The molecule has 0 saturated carbocycles. The highest BCUT2D eigenvalue weighted by molar-refractivity contribution is 5.94. The Kier molecular flexibility index (Phi) is 6.71. The average molecular weight is 498 g/mol. The van der Waals surface area contributed by atoms with Crippen molar-refractivity contribution in [3.05, 3.63) is 88.6 Å². The van der Waals surface area contributed by atoms with E-state index in [0.29, 0.717) is 12.0 Å². The van der Waals surface area contributed by atoms with Crippen molar-refractivity contribution in [3.63, 3.8) is 0 Å². The van der Waals surface area contributed by atoms with Gasteiger partial charge in [0.2, 0.25) is 5.69 Å². The number of halogens is 2. The van der Waals surface area contributed by atoms with E-state index in [0.717, 1.165) is 22.2 Å². The zero-order valence-corrected chi connectivity index (χ0v) is 23.1. The molecule has 1 aromatic heterocycles. The number of rotatable bonds is 3. The van der Waals surface area contributed by atoms with Crippen molar-refractivity contribution in [2.24, 2.45) is 12.5 Å². The molecular formula is C33H35F2N2+. The molecule has 190 valence electrons. The zero-order chi connectivity index (χ0) is 27.3. The maximum absolute atomic E-state index is 15.5. The molecule has 2 nitrogen and oxygen atoms in total. The lowest BCUT2D eigenvalue weighted by Crippen LogP contribution is -2.32. The molecule has 1 heterocycles. The predicted octanol–water partition coefficient (Wildman–Crippen LogP) is 8.34. The van der Waals surface area contributed by atoms with Gasteiger partial charge in [-0.05, 0) is 69.8 Å². The summed E-state index contributed by atoms with van der Waals surface area (Å²) in [4.78, 5) is 0. The van der Waals surface area contributed by atoms with Gasteiger partial charge in [-0.1, -0.05) is 65.8 Å². The maximum atomic E-state index is 15.5. The first kappa shape index (κ1) is 26.5. The van der Waals surface area contributed by atoms with Crippen LogP contribution in [0.2, 0.25) is 0 Å². The van der Waals surface area contributed by atoms with E-state index in [4.69, 9.17) is 0 Å². The second-order valence-electron chi connectivity index (χ2n) is 12.3. The second kappa shape index (κ2) is 9.38. The average Bonchev–Trinajstić information content (AvgIpc) is 2.78. The van der Waals surface area contributed by atoms with E-state index in [2.05, 4.69) is 52.0 Å². The normalized spacial score (nSPS) is 12.1. The van der Waals surface area contributed by atoms with Crippen LogP contribution in [0.3, 0.4) is 0 Å². The van der Waals surface area contributed by atoms with Gasteiger partial charge in [-0.2, -0.15) is 9.83 Å². The minimum Gasteiger partial charge on any atom is -0.206 e. The van der Waals surface area contributed by atoms with Crippen LogP contribution in [0, 0.1) is 35.3 Å². The molecule has 4 heteroatoms. The largest absolute Gasteiger partial charge is 0.213 e. The SMILES string of the molecule is Cc1c(-c2cc(-c3c(F)cc(CC(C)(C)C)cc3F)c(C#N)c[n+]2C)cc(C(C)(C)C)c2ccccc12. The first-order chi connectivity index (χ1) is 17.2. The van der Waals surface area contributed by atoms with E-state index in [9.17, 15) is 5.26 Å². The zero-order valence-electron chi connectivity index (χ0n) is 23.1. The molecule has 0 aliphatic carbocycles. The van der Waals surface area contributed by atoms with Crippen molar-refractivity contribution in [2.45, 2.75) is 60.3 Å². The van der Waals surface area contributed by atoms with Crippen molar-refractivity contribution < 1.29 is 13.3 Å². The molecule has 0 atom stereocenters. The summed E-state index contributed by atoms with van der Waals surface area (Å²) in [5.41, 5.74) is 4.75. The summed E-state index contributed by atoms with van der Waals surface area (Å²) >= 11 is 0. The van der Waals surface area contributed by atoms with Gasteiger partial charge in [-0.15, -0.1) is 0 Å². The monoisotopic (exact) mass is 497 g/mol. The number of aromatic nitrogens is 1. The smallest absolute Gasteiger partial charge is 0.206 e. The van der Waals surface area contributed by atoms with Gasteiger partial charge in [0.15, 0.2) is 6.20 Å². The highest BCUT2D eigenvalue weighted by Gasteiger charge is 2.27. The lowest BCUT2D eigenvalue weighted by molar-refractivity contribution is -0.660. The van der Waals surface area contributed by atoms with E-state index in [1.165, 1.54) is 23.1 Å². The van der Waals surface area contributed by atoms with Gasteiger partial charge in [0, 0.05) is 17.2 Å². The molecule has 3 aromatic carbocycles. The number of pyridine rings is 1. The van der Waals surface area contributed by atoms with Gasteiger partial charge in [-0.25, -0.2) is 8.78 Å². The van der Waals surface area contributed by atoms with Crippen LogP contribution < -0.4 is 4.57 Å². The Bertz CT molecular complexity index is 1540. The fourth-order valence-corrected chi connectivity index (χ4v) is 5.22. The van der Waals surface area contributed by atoms with Crippen molar-refractivity contribution in [2.75, 3.05) is 0 Å². The number of benzene rings is 3. The molecule has 0 amide bonds. The molecule has 37 heavy (non-hydrogen) atoms. The fraction of sp³-hybridized carbons (Fsp3) is 0.333. The van der Waals surface area contributed by atoms with Crippen molar-refractivity contribution in [1.82, 2.24) is 0 Å². The summed E-state index contributed by atoms with van der Waals surface area (Å²) in [6, 6.07) is 17.2. The highest BCUT2D eigenvalue weighted by atomic mass is 19.1. The lowest BCUT2D eigenvalue weighted by Gasteiger charge is -2.24. The third-order valence-electron chi connectivity index (χ3n) is 6.90. The van der Waals surface area contributed by atoms with Crippen LogP contribution >= 0.6 is 0 Å². The Morgan fingerprint density at radius 2 is 1.46 bits per heavy atom. The maximum Gasteiger partial charge on any atom is 0.213 e. The number of nitrogens with zero attached hydrogens (tertiary/aromatic N) is 2. The van der Waals surface area contributed by atoms with Crippen LogP contribution in [0.4, 0.5) is 8.78 Å². The van der Waals surface area contributed by atoms with E-state index < -0.39 is 11.6 Å². The topological polar surface area (TPSA) is 27.7 Å². The van der Waals surface area contributed by atoms with Gasteiger partial charge >= 0.3 is 0 Å². The van der Waals surface area contributed by atoms with E-state index in [1.807, 2.05) is 44.5 Å². The van der Waals surface area contributed by atoms with Gasteiger partial charge < -0.3 is 0 Å². The molecule has 0 aliphatic heterocycles. The first-order valence-electron chi connectivity index (χ1n) is 12.7. The van der Waals surface area contributed by atoms with Crippen molar-refractivity contribution >= 4 is 10.8 Å². The van der Waals surface area contributed by atoms with Gasteiger partial charge in [0.05, 0.1) is 5.56 Å². The summed E-state index contributed by atoms with van der Waals surface area (Å²) in [7, 11) is 1.87. The summed E-state index contributed by atoms with van der Waals surface area (Å²) < 4.78 is 32.8. The Labute approximate surface area is 219 Å². The van der Waals surface area contributed by atoms with Gasteiger partial charge in [0.1, 0.15) is 30.3 Å². The molecular weight excluding hydrogens is 462 g/mol. The third-order valence-corrected chi connectivity index (χ3v) is 6.90. The molecule has 4 rings (SSSR count). The first-order valence-corrected chi connectivity index (χ1v) is 12.7. The van der Waals surface area contributed by atoms with E-state index >= 15 is 8.78 Å². The minimum absolute atomic E-state index is 0.107. The standard InChI is InChI=1S/C33H35F2N2/c1-20-23-11-9-10-12-24(23)27(33(5,6)7)15-25(20)30-16-26(22(18-36)19-37(30)8)31-28(34)13-21(14-29(31)35)17-32(2,3)4/h9-16,19H,17H2,1-8H3/q+1. The molecule has 0 saturated heterocycles. The van der Waals surface area contributed by atoms with Crippen LogP contribution in [0.15, 0.2) is 54.7 Å². The second-order valence-corrected chi connectivity index (χ2v) is 12.3. The summed E-state index contributed by atoms with van der Waals surface area (Å²) in [5.74, 6) is -1.30. The van der Waals surface area contributed by atoms with Crippen LogP contribution in [0.5, 0.6) is 0 Å². The van der Waals surface area contributed by atoms with Gasteiger partial charge in [0.25, 0.3) is 0 Å². The molecule has 0 aliphatic rings. The van der Waals surface area contributed by atoms with Crippen LogP contribution in [-0.2, 0) is 18.9 Å². The molecule has 4 aromatic rings. The molecule has 0 bridgehead atoms. The molecule has 0 radical (unpaired) electrons. The van der Waals surface area contributed by atoms with Crippen molar-refractivity contribution in [1.29, 1.82) is 5.26 Å². The minimum atomic E-state index is -0.652. The third kappa shape index (κ3) is 5.14. The Morgan fingerprint density at radius 1 is 0.865 bits per heavy atom. The Hall–Kier alpha value is -3.58. The highest BCUT2D eigenvalue weighted by Crippen LogP contribution is 2.39. The summed E-state index contributed by atoms with van der Waals surface area (Å²) in [6.45, 7) is 14.7. The molecule has 0 spiro atoms.